The van der Waals surface area contributed by atoms with Crippen molar-refractivity contribution >= 4 is 34.7 Å². The molecule has 1 aliphatic heterocycles. The van der Waals surface area contributed by atoms with Crippen molar-refractivity contribution in [1.29, 1.82) is 0 Å². The number of rotatable bonds is 7. The molecule has 1 saturated heterocycles. The highest BCUT2D eigenvalue weighted by atomic mass is 32.2. The molecule has 1 N–H and O–H groups in total. The summed E-state index contributed by atoms with van der Waals surface area (Å²) in [5.74, 6) is 1.42. The van der Waals surface area contributed by atoms with Crippen LogP contribution in [-0.2, 0) is 4.79 Å². The van der Waals surface area contributed by atoms with Gasteiger partial charge < -0.3 is 19.5 Å². The lowest BCUT2D eigenvalue weighted by atomic mass is 10.2. The van der Waals surface area contributed by atoms with Gasteiger partial charge in [-0.1, -0.05) is 18.2 Å². The predicted molar refractivity (Wildman–Crippen MR) is 109 cm³/mol. The van der Waals surface area contributed by atoms with E-state index >= 15 is 0 Å². The van der Waals surface area contributed by atoms with E-state index in [1.165, 1.54) is 0 Å². The average Bonchev–Trinajstić information content (AvgIpc) is 2.99. The first-order valence-corrected chi connectivity index (χ1v) is 9.23. The second-order valence-electron chi connectivity index (χ2n) is 5.76. The normalized spacial score (nSPS) is 15.1. The van der Waals surface area contributed by atoms with Crippen molar-refractivity contribution in [3.8, 4) is 17.2 Å². The monoisotopic (exact) mass is 400 g/mol. The molecular formula is C20H20N2O5S. The maximum atomic E-state index is 12.7. The van der Waals surface area contributed by atoms with E-state index in [9.17, 15) is 9.59 Å². The van der Waals surface area contributed by atoms with E-state index in [0.717, 1.165) is 22.2 Å². The first-order valence-electron chi connectivity index (χ1n) is 8.41. The summed E-state index contributed by atoms with van der Waals surface area (Å²) in [5.41, 5.74) is 1.44. The lowest BCUT2D eigenvalue weighted by molar-refractivity contribution is -0.122. The zero-order valence-corrected chi connectivity index (χ0v) is 16.5. The number of nitrogens with one attached hydrogen (secondary N) is 1. The van der Waals surface area contributed by atoms with Crippen molar-refractivity contribution in [1.82, 2.24) is 4.90 Å². The van der Waals surface area contributed by atoms with E-state index in [0.29, 0.717) is 27.8 Å². The van der Waals surface area contributed by atoms with Crippen LogP contribution in [0.3, 0.4) is 0 Å². The van der Waals surface area contributed by atoms with E-state index in [1.807, 2.05) is 18.2 Å². The van der Waals surface area contributed by atoms with Crippen LogP contribution in [0.15, 0.2) is 47.4 Å². The standard InChI is InChI=1S/C20H20N2O5S/c1-25-15-7-5-4-6-14(15)21-12-22-19(23)18(28-20(22)24)11-13-8-9-16(26-2)17(10-13)27-3/h4-11,21H,12H2,1-3H3/b18-11-. The van der Waals surface area contributed by atoms with Crippen LogP contribution < -0.4 is 19.5 Å². The number of imide groups is 1. The Morgan fingerprint density at radius 3 is 2.39 bits per heavy atom. The molecule has 0 unspecified atom stereocenters. The third-order valence-electron chi connectivity index (χ3n) is 4.11. The number of carbonyl (C=O) groups excluding carboxylic acids is 2. The maximum absolute atomic E-state index is 12.7. The van der Waals surface area contributed by atoms with Crippen LogP contribution >= 0.6 is 11.8 Å². The van der Waals surface area contributed by atoms with Gasteiger partial charge in [0, 0.05) is 0 Å². The molecule has 0 spiro atoms. The quantitative estimate of drug-likeness (QED) is 0.708. The Labute approximate surface area is 167 Å². The van der Waals surface area contributed by atoms with Gasteiger partial charge in [0.15, 0.2) is 11.5 Å². The molecule has 3 rings (SSSR count). The summed E-state index contributed by atoms with van der Waals surface area (Å²) >= 11 is 0.900. The van der Waals surface area contributed by atoms with Gasteiger partial charge in [0.25, 0.3) is 11.1 Å². The van der Waals surface area contributed by atoms with Crippen molar-refractivity contribution in [2.45, 2.75) is 0 Å². The number of ether oxygens (including phenoxy) is 3. The van der Waals surface area contributed by atoms with E-state index in [4.69, 9.17) is 14.2 Å². The molecule has 0 aromatic heterocycles. The number of amides is 2. The first kappa shape index (κ1) is 19.6. The van der Waals surface area contributed by atoms with Gasteiger partial charge in [-0.2, -0.15) is 0 Å². The molecule has 28 heavy (non-hydrogen) atoms. The molecule has 1 aliphatic rings. The number of carbonyl (C=O) groups is 2. The number of hydrogen-bond donors (Lipinski definition) is 1. The van der Waals surface area contributed by atoms with E-state index in [-0.39, 0.29) is 17.8 Å². The van der Waals surface area contributed by atoms with Gasteiger partial charge in [-0.25, -0.2) is 0 Å². The van der Waals surface area contributed by atoms with E-state index in [1.54, 1.807) is 51.7 Å². The zero-order valence-electron chi connectivity index (χ0n) is 15.7. The molecule has 146 valence electrons. The largest absolute Gasteiger partial charge is 0.495 e. The topological polar surface area (TPSA) is 77.1 Å². The molecule has 7 nitrogen and oxygen atoms in total. The van der Waals surface area contributed by atoms with Gasteiger partial charge in [0.1, 0.15) is 5.75 Å². The van der Waals surface area contributed by atoms with Gasteiger partial charge in [-0.3, -0.25) is 14.5 Å². The van der Waals surface area contributed by atoms with Gasteiger partial charge in [-0.15, -0.1) is 0 Å². The third-order valence-corrected chi connectivity index (χ3v) is 5.02. The summed E-state index contributed by atoms with van der Waals surface area (Å²) in [6.45, 7) is 0.0499. The second kappa shape index (κ2) is 8.71. The van der Waals surface area contributed by atoms with Crippen LogP contribution in [0.4, 0.5) is 10.5 Å². The molecule has 2 amide bonds. The summed E-state index contributed by atoms with van der Waals surface area (Å²) in [4.78, 5) is 26.5. The van der Waals surface area contributed by atoms with Crippen molar-refractivity contribution in [2.24, 2.45) is 0 Å². The van der Waals surface area contributed by atoms with Gasteiger partial charge >= 0.3 is 0 Å². The number of para-hydroxylation sites is 2. The minimum atomic E-state index is -0.354. The molecular weight excluding hydrogens is 380 g/mol. The van der Waals surface area contributed by atoms with Crippen molar-refractivity contribution in [3.63, 3.8) is 0 Å². The number of nitrogens with zero attached hydrogens (tertiary/aromatic N) is 1. The fraction of sp³-hybridized carbons (Fsp3) is 0.200. The maximum Gasteiger partial charge on any atom is 0.295 e. The van der Waals surface area contributed by atoms with Gasteiger partial charge in [0.2, 0.25) is 0 Å². The molecule has 1 heterocycles. The lowest BCUT2D eigenvalue weighted by Crippen LogP contribution is -2.33. The van der Waals surface area contributed by atoms with Gasteiger partial charge in [-0.05, 0) is 47.7 Å². The van der Waals surface area contributed by atoms with Crippen LogP contribution in [0.5, 0.6) is 17.2 Å². The summed E-state index contributed by atoms with van der Waals surface area (Å²) in [7, 11) is 4.66. The zero-order chi connectivity index (χ0) is 20.1. The molecule has 2 aromatic carbocycles. The lowest BCUT2D eigenvalue weighted by Gasteiger charge is -2.16. The van der Waals surface area contributed by atoms with Crippen LogP contribution in [0.1, 0.15) is 5.56 Å². The third kappa shape index (κ3) is 4.07. The summed E-state index contributed by atoms with van der Waals surface area (Å²) in [6, 6.07) is 12.6. The molecule has 2 aromatic rings. The molecule has 0 aliphatic carbocycles. The Morgan fingerprint density at radius 2 is 1.68 bits per heavy atom. The Kier molecular flexibility index (Phi) is 6.10. The Morgan fingerprint density at radius 1 is 0.964 bits per heavy atom. The van der Waals surface area contributed by atoms with E-state index < -0.39 is 0 Å². The highest BCUT2D eigenvalue weighted by Crippen LogP contribution is 2.34. The average molecular weight is 400 g/mol. The highest BCUT2D eigenvalue weighted by Gasteiger charge is 2.35. The number of benzene rings is 2. The van der Waals surface area contributed by atoms with Crippen molar-refractivity contribution < 1.29 is 23.8 Å². The van der Waals surface area contributed by atoms with Crippen molar-refractivity contribution in [3.05, 3.63) is 52.9 Å². The fourth-order valence-electron chi connectivity index (χ4n) is 2.69. The number of anilines is 1. The Hall–Kier alpha value is -3.13. The summed E-state index contributed by atoms with van der Waals surface area (Å²) in [5, 5.41) is 2.73. The van der Waals surface area contributed by atoms with Crippen molar-refractivity contribution in [2.75, 3.05) is 33.3 Å². The van der Waals surface area contributed by atoms with Crippen LogP contribution in [0.25, 0.3) is 6.08 Å². The first-order chi connectivity index (χ1) is 13.6. The summed E-state index contributed by atoms with van der Waals surface area (Å²) in [6.07, 6.45) is 1.66. The second-order valence-corrected chi connectivity index (χ2v) is 6.75. The summed E-state index contributed by atoms with van der Waals surface area (Å²) < 4.78 is 15.8. The van der Waals surface area contributed by atoms with Crippen LogP contribution in [-0.4, -0.2) is 44.0 Å². The molecule has 0 bridgehead atoms. The molecule has 8 heteroatoms. The fourth-order valence-corrected chi connectivity index (χ4v) is 3.52. The Balaban J connectivity index is 1.75. The molecule has 0 atom stereocenters. The van der Waals surface area contributed by atoms with Crippen LogP contribution in [0.2, 0.25) is 0 Å². The predicted octanol–water partition coefficient (Wildman–Crippen LogP) is 3.82. The van der Waals surface area contributed by atoms with E-state index in [2.05, 4.69) is 5.32 Å². The minimum Gasteiger partial charge on any atom is -0.495 e. The SMILES string of the molecule is COc1ccccc1NCN1C(=O)S/C(=C\c2ccc(OC)c(OC)c2)C1=O. The number of thioether (sulfide) groups is 1. The minimum absolute atomic E-state index is 0.0499. The molecule has 0 saturated carbocycles. The van der Waals surface area contributed by atoms with Crippen LogP contribution in [0, 0.1) is 0 Å². The smallest absolute Gasteiger partial charge is 0.295 e. The molecule has 1 fully saturated rings. The molecule has 0 radical (unpaired) electrons. The van der Waals surface area contributed by atoms with Gasteiger partial charge in [0.05, 0.1) is 38.6 Å². The highest BCUT2D eigenvalue weighted by molar-refractivity contribution is 8.18. The number of hydrogen-bond acceptors (Lipinski definition) is 7. The number of methoxy groups -OCH3 is 3. The Bertz CT molecular complexity index is 929.